The monoisotopic (exact) mass is 237 g/mol. The molecule has 2 aliphatic heterocycles. The van der Waals surface area contributed by atoms with E-state index in [1.54, 1.807) is 4.88 Å². The Bertz CT molecular complexity index is 401. The van der Waals surface area contributed by atoms with E-state index >= 15 is 0 Å². The molecule has 1 saturated heterocycles. The van der Waals surface area contributed by atoms with Crippen molar-refractivity contribution in [3.05, 3.63) is 21.4 Å². The van der Waals surface area contributed by atoms with Gasteiger partial charge in [-0.15, -0.1) is 11.3 Å². The van der Waals surface area contributed by atoms with E-state index in [1.807, 2.05) is 11.3 Å². The summed E-state index contributed by atoms with van der Waals surface area (Å²) in [6, 6.07) is 2.93. The zero-order valence-corrected chi connectivity index (χ0v) is 10.8. The molecule has 2 unspecified atom stereocenters. The van der Waals surface area contributed by atoms with Crippen LogP contribution >= 0.6 is 11.3 Å². The van der Waals surface area contributed by atoms with Gasteiger partial charge in [0.25, 0.3) is 0 Å². The second-order valence-electron chi connectivity index (χ2n) is 5.10. The highest BCUT2D eigenvalue weighted by molar-refractivity contribution is 7.12. The minimum absolute atomic E-state index is 0.0308. The molecule has 1 N–H and O–H groups in total. The maximum absolute atomic E-state index is 6.18. The van der Waals surface area contributed by atoms with Gasteiger partial charge < -0.3 is 10.1 Å². The molecule has 2 aliphatic rings. The molecule has 2 nitrogen and oxygen atoms in total. The second-order valence-corrected chi connectivity index (χ2v) is 6.44. The topological polar surface area (TPSA) is 21.3 Å². The summed E-state index contributed by atoms with van der Waals surface area (Å²) in [5.41, 5.74) is 1.53. The predicted molar refractivity (Wildman–Crippen MR) is 67.1 cm³/mol. The number of ether oxygens (including phenoxy) is 1. The van der Waals surface area contributed by atoms with Crippen LogP contribution in [-0.4, -0.2) is 19.2 Å². The Balaban J connectivity index is 2.02. The average Bonchev–Trinajstić information content (AvgIpc) is 2.60. The van der Waals surface area contributed by atoms with Gasteiger partial charge in [-0.2, -0.15) is 0 Å². The summed E-state index contributed by atoms with van der Waals surface area (Å²) in [5.74, 6) is 0. The number of nitrogens with one attached hydrogen (secondary N) is 1. The predicted octanol–water partition coefficient (Wildman–Crippen LogP) is 2.60. The normalized spacial score (nSPS) is 34.0. The van der Waals surface area contributed by atoms with E-state index in [0.717, 1.165) is 32.4 Å². The molecule has 0 amide bonds. The van der Waals surface area contributed by atoms with Crippen LogP contribution in [0.2, 0.25) is 0 Å². The average molecular weight is 237 g/mol. The van der Waals surface area contributed by atoms with Crippen molar-refractivity contribution in [2.45, 2.75) is 44.8 Å². The number of thiophene rings is 1. The smallest absolute Gasteiger partial charge is 0.0969 e. The first-order chi connectivity index (χ1) is 7.70. The Morgan fingerprint density at radius 2 is 2.44 bits per heavy atom. The van der Waals surface area contributed by atoms with Crippen LogP contribution < -0.4 is 5.32 Å². The molecule has 1 aromatic rings. The Labute approximate surface area is 101 Å². The highest BCUT2D eigenvalue weighted by Gasteiger charge is 2.41. The molecule has 0 saturated carbocycles. The third kappa shape index (κ3) is 1.62. The maximum atomic E-state index is 6.18. The number of hydrogen-bond donors (Lipinski definition) is 1. The summed E-state index contributed by atoms with van der Waals surface area (Å²) >= 11 is 1.96. The van der Waals surface area contributed by atoms with Crippen LogP contribution in [0.25, 0.3) is 0 Å². The van der Waals surface area contributed by atoms with Crippen molar-refractivity contribution in [1.82, 2.24) is 5.32 Å². The summed E-state index contributed by atoms with van der Waals surface area (Å²) in [5, 5.41) is 3.51. The van der Waals surface area contributed by atoms with Gasteiger partial charge in [-0.05, 0) is 44.9 Å². The molecule has 2 atom stereocenters. The number of aryl methyl sites for hydroxylation is 1. The summed E-state index contributed by atoms with van der Waals surface area (Å²) in [6.45, 7) is 6.45. The molecule has 0 radical (unpaired) electrons. The molecule has 1 aromatic heterocycles. The molecule has 3 rings (SSSR count). The molecule has 88 valence electrons. The number of hydrogen-bond acceptors (Lipinski definition) is 3. The molecular formula is C13H19NOS. The molecule has 1 fully saturated rings. The third-order valence-electron chi connectivity index (χ3n) is 3.79. The third-order valence-corrected chi connectivity index (χ3v) is 4.90. The van der Waals surface area contributed by atoms with Crippen molar-refractivity contribution in [2.24, 2.45) is 0 Å². The Hall–Kier alpha value is -0.380. The SMILES string of the molecule is Cc1cc2c(s1)CCOC21CCNC(C)C1. The maximum Gasteiger partial charge on any atom is 0.0969 e. The Morgan fingerprint density at radius 3 is 3.25 bits per heavy atom. The lowest BCUT2D eigenvalue weighted by atomic mass is 9.80. The zero-order valence-electron chi connectivity index (χ0n) is 10.0. The van der Waals surface area contributed by atoms with Gasteiger partial charge in [0.15, 0.2) is 0 Å². The fourth-order valence-corrected chi connectivity index (χ4v) is 4.22. The quantitative estimate of drug-likeness (QED) is 0.749. The van der Waals surface area contributed by atoms with E-state index in [4.69, 9.17) is 4.74 Å². The minimum Gasteiger partial charge on any atom is -0.370 e. The fraction of sp³-hybridized carbons (Fsp3) is 0.692. The van der Waals surface area contributed by atoms with Crippen molar-refractivity contribution >= 4 is 11.3 Å². The standard InChI is InChI=1S/C13H19NOS/c1-9-8-13(4-5-14-9)11-7-10(2)16-12(11)3-6-15-13/h7,9,14H,3-6,8H2,1-2H3. The van der Waals surface area contributed by atoms with Crippen molar-refractivity contribution in [1.29, 1.82) is 0 Å². The highest BCUT2D eigenvalue weighted by atomic mass is 32.1. The van der Waals surface area contributed by atoms with Crippen molar-refractivity contribution in [3.8, 4) is 0 Å². The minimum atomic E-state index is 0.0308. The number of fused-ring (bicyclic) bond motifs is 2. The van der Waals surface area contributed by atoms with E-state index in [-0.39, 0.29) is 5.60 Å². The van der Waals surface area contributed by atoms with Gasteiger partial charge in [-0.1, -0.05) is 0 Å². The van der Waals surface area contributed by atoms with E-state index in [1.165, 1.54) is 10.4 Å². The molecule has 0 aromatic carbocycles. The first-order valence-electron chi connectivity index (χ1n) is 6.17. The molecule has 0 bridgehead atoms. The van der Waals surface area contributed by atoms with Gasteiger partial charge in [0, 0.05) is 22.2 Å². The van der Waals surface area contributed by atoms with Crippen LogP contribution in [0.3, 0.4) is 0 Å². The number of piperidine rings is 1. The zero-order chi connectivity index (χ0) is 11.2. The van der Waals surface area contributed by atoms with E-state index in [0.29, 0.717) is 6.04 Å². The lowest BCUT2D eigenvalue weighted by molar-refractivity contribution is -0.0870. The molecule has 0 aliphatic carbocycles. The summed E-state index contributed by atoms with van der Waals surface area (Å²) in [6.07, 6.45) is 3.36. The summed E-state index contributed by atoms with van der Waals surface area (Å²) < 4.78 is 6.18. The first-order valence-corrected chi connectivity index (χ1v) is 6.98. The summed E-state index contributed by atoms with van der Waals surface area (Å²) in [4.78, 5) is 3.00. The van der Waals surface area contributed by atoms with Gasteiger partial charge in [0.2, 0.25) is 0 Å². The van der Waals surface area contributed by atoms with Crippen LogP contribution in [-0.2, 0) is 16.8 Å². The molecule has 1 spiro atoms. The molecule has 3 heterocycles. The van der Waals surface area contributed by atoms with Crippen molar-refractivity contribution in [2.75, 3.05) is 13.2 Å². The van der Waals surface area contributed by atoms with Gasteiger partial charge in [-0.25, -0.2) is 0 Å². The van der Waals surface area contributed by atoms with E-state index in [9.17, 15) is 0 Å². The first kappa shape index (κ1) is 10.8. The summed E-state index contributed by atoms with van der Waals surface area (Å²) in [7, 11) is 0. The van der Waals surface area contributed by atoms with E-state index < -0.39 is 0 Å². The van der Waals surface area contributed by atoms with Crippen LogP contribution in [0.1, 0.15) is 35.1 Å². The van der Waals surface area contributed by atoms with Crippen LogP contribution in [0.15, 0.2) is 6.07 Å². The number of rotatable bonds is 0. The van der Waals surface area contributed by atoms with Gasteiger partial charge in [0.1, 0.15) is 0 Å². The van der Waals surface area contributed by atoms with E-state index in [2.05, 4.69) is 25.2 Å². The van der Waals surface area contributed by atoms with Gasteiger partial charge in [-0.3, -0.25) is 0 Å². The van der Waals surface area contributed by atoms with Crippen LogP contribution in [0.5, 0.6) is 0 Å². The Kier molecular flexibility index (Phi) is 2.57. The van der Waals surface area contributed by atoms with Crippen molar-refractivity contribution < 1.29 is 4.74 Å². The molecule has 3 heteroatoms. The lowest BCUT2D eigenvalue weighted by Crippen LogP contribution is -2.48. The fourth-order valence-electron chi connectivity index (χ4n) is 3.12. The highest BCUT2D eigenvalue weighted by Crippen LogP contribution is 2.44. The second kappa shape index (κ2) is 3.83. The van der Waals surface area contributed by atoms with Crippen molar-refractivity contribution in [3.63, 3.8) is 0 Å². The molecular weight excluding hydrogens is 218 g/mol. The van der Waals surface area contributed by atoms with Crippen LogP contribution in [0.4, 0.5) is 0 Å². The van der Waals surface area contributed by atoms with Gasteiger partial charge in [0.05, 0.1) is 12.2 Å². The van der Waals surface area contributed by atoms with Gasteiger partial charge >= 0.3 is 0 Å². The Morgan fingerprint density at radius 1 is 1.56 bits per heavy atom. The largest absolute Gasteiger partial charge is 0.370 e. The van der Waals surface area contributed by atoms with Crippen LogP contribution in [0, 0.1) is 6.92 Å². The molecule has 16 heavy (non-hydrogen) atoms. The lowest BCUT2D eigenvalue weighted by Gasteiger charge is -2.43.